The van der Waals surface area contributed by atoms with Gasteiger partial charge in [-0.2, -0.15) is 0 Å². The summed E-state index contributed by atoms with van der Waals surface area (Å²) in [5, 5.41) is 6.78. The van der Waals surface area contributed by atoms with E-state index in [9.17, 15) is 9.18 Å². The predicted molar refractivity (Wildman–Crippen MR) is 101 cm³/mol. The zero-order valence-corrected chi connectivity index (χ0v) is 15.8. The Kier molecular flexibility index (Phi) is 7.88. The second kappa shape index (κ2) is 10.4. The second-order valence-electron chi connectivity index (χ2n) is 5.38. The van der Waals surface area contributed by atoms with Crippen LogP contribution in [0.5, 0.6) is 11.5 Å². The van der Waals surface area contributed by atoms with Gasteiger partial charge in [0.15, 0.2) is 18.1 Å². The number of halogens is 2. The van der Waals surface area contributed by atoms with Gasteiger partial charge in [0.05, 0.1) is 25.0 Å². The summed E-state index contributed by atoms with van der Waals surface area (Å²) in [7, 11) is 1.51. The molecule has 0 aliphatic carbocycles. The number of nitrogens with zero attached hydrogens (tertiary/aromatic N) is 1. The van der Waals surface area contributed by atoms with E-state index in [4.69, 9.17) is 25.9 Å². The number of oxime groups is 1. The number of carbonyl (C=O) groups excluding carboxylic acids is 1. The fourth-order valence-corrected chi connectivity index (χ4v) is 2.42. The van der Waals surface area contributed by atoms with Crippen molar-refractivity contribution in [2.45, 2.75) is 13.5 Å². The summed E-state index contributed by atoms with van der Waals surface area (Å²) in [4.78, 5) is 16.7. The van der Waals surface area contributed by atoms with Crippen molar-refractivity contribution in [3.05, 3.63) is 58.4 Å². The lowest BCUT2D eigenvalue weighted by molar-refractivity contribution is -0.125. The van der Waals surface area contributed by atoms with Gasteiger partial charge in [-0.3, -0.25) is 4.79 Å². The largest absolute Gasteiger partial charge is 0.493 e. The molecule has 0 atom stereocenters. The molecule has 0 saturated heterocycles. The first kappa shape index (κ1) is 20.5. The number of rotatable bonds is 9. The smallest absolute Gasteiger partial charge is 0.261 e. The minimum absolute atomic E-state index is 0.250. The zero-order valence-electron chi connectivity index (χ0n) is 15.0. The summed E-state index contributed by atoms with van der Waals surface area (Å²) < 4.78 is 23.5. The molecule has 1 amide bonds. The number of amides is 1. The van der Waals surface area contributed by atoms with Gasteiger partial charge in [0.1, 0.15) is 5.82 Å². The van der Waals surface area contributed by atoms with Gasteiger partial charge in [-0.05, 0) is 36.8 Å². The van der Waals surface area contributed by atoms with Crippen LogP contribution in [0.2, 0.25) is 5.02 Å². The maximum absolute atomic E-state index is 12.8. The molecule has 0 radical (unpaired) electrons. The number of nitrogens with one attached hydrogen (secondary N) is 1. The third-order valence-corrected chi connectivity index (χ3v) is 3.70. The van der Waals surface area contributed by atoms with Crippen LogP contribution in [-0.2, 0) is 16.2 Å². The molecule has 2 aromatic rings. The van der Waals surface area contributed by atoms with Gasteiger partial charge in [0.2, 0.25) is 0 Å². The average Bonchev–Trinajstić information content (AvgIpc) is 2.66. The van der Waals surface area contributed by atoms with Crippen LogP contribution in [0.3, 0.4) is 0 Å². The lowest BCUT2D eigenvalue weighted by atomic mass is 10.2. The van der Waals surface area contributed by atoms with Crippen LogP contribution in [0.4, 0.5) is 4.39 Å². The summed E-state index contributed by atoms with van der Waals surface area (Å²) in [6, 6.07) is 9.20. The highest BCUT2D eigenvalue weighted by atomic mass is 35.5. The fourth-order valence-electron chi connectivity index (χ4n) is 2.15. The third kappa shape index (κ3) is 6.45. The average molecular weight is 395 g/mol. The van der Waals surface area contributed by atoms with Crippen LogP contribution >= 0.6 is 11.6 Å². The topological polar surface area (TPSA) is 69.2 Å². The first-order valence-corrected chi connectivity index (χ1v) is 8.58. The number of carbonyl (C=O) groups is 1. The molecule has 8 heteroatoms. The summed E-state index contributed by atoms with van der Waals surface area (Å²) >= 11 is 6.17. The van der Waals surface area contributed by atoms with Crippen molar-refractivity contribution < 1.29 is 23.5 Å². The maximum Gasteiger partial charge on any atom is 0.261 e. The number of ether oxygens (including phenoxy) is 2. The highest BCUT2D eigenvalue weighted by Crippen LogP contribution is 2.35. The molecular weight excluding hydrogens is 375 g/mol. The number of hydrogen-bond acceptors (Lipinski definition) is 5. The van der Waals surface area contributed by atoms with Crippen molar-refractivity contribution in [1.82, 2.24) is 5.32 Å². The number of methoxy groups -OCH3 is 1. The van der Waals surface area contributed by atoms with Gasteiger partial charge < -0.3 is 19.6 Å². The molecule has 0 bridgehead atoms. The summed E-state index contributed by atoms with van der Waals surface area (Å²) in [6.07, 6.45) is 1.41. The van der Waals surface area contributed by atoms with Crippen molar-refractivity contribution in [2.24, 2.45) is 5.16 Å². The molecule has 27 heavy (non-hydrogen) atoms. The van der Waals surface area contributed by atoms with Crippen molar-refractivity contribution in [1.29, 1.82) is 0 Å². The minimum atomic E-state index is -0.348. The quantitative estimate of drug-likeness (QED) is 0.521. The van der Waals surface area contributed by atoms with Crippen LogP contribution < -0.4 is 14.8 Å². The maximum atomic E-state index is 12.8. The number of benzene rings is 2. The zero-order chi connectivity index (χ0) is 19.6. The molecule has 0 heterocycles. The first-order chi connectivity index (χ1) is 13.0. The van der Waals surface area contributed by atoms with Crippen LogP contribution in [0.15, 0.2) is 41.6 Å². The Balaban J connectivity index is 1.83. The molecule has 1 N–H and O–H groups in total. The molecule has 6 nitrogen and oxygen atoms in total. The molecule has 2 aromatic carbocycles. The van der Waals surface area contributed by atoms with Crippen molar-refractivity contribution in [2.75, 3.05) is 20.3 Å². The summed E-state index contributed by atoms with van der Waals surface area (Å²) in [5.41, 5.74) is 1.41. The van der Waals surface area contributed by atoms with Gasteiger partial charge in [-0.25, -0.2) is 4.39 Å². The minimum Gasteiger partial charge on any atom is -0.493 e. The Morgan fingerprint density at radius 3 is 2.70 bits per heavy atom. The molecule has 0 unspecified atom stereocenters. The molecule has 0 spiro atoms. The molecule has 0 aliphatic heterocycles. The summed E-state index contributed by atoms with van der Waals surface area (Å²) in [6.45, 7) is 2.33. The van der Waals surface area contributed by atoms with E-state index >= 15 is 0 Å². The Morgan fingerprint density at radius 1 is 1.30 bits per heavy atom. The SMILES string of the molecule is CCOc1c(Cl)cc(/C=N\OCC(=O)NCc2ccc(F)cc2)cc1OC. The molecule has 0 fully saturated rings. The van der Waals surface area contributed by atoms with Crippen molar-refractivity contribution in [3.63, 3.8) is 0 Å². The van der Waals surface area contributed by atoms with Crippen LogP contribution in [-0.4, -0.2) is 32.4 Å². The van der Waals surface area contributed by atoms with E-state index in [2.05, 4.69) is 10.5 Å². The van der Waals surface area contributed by atoms with Gasteiger partial charge in [0.25, 0.3) is 5.91 Å². The van der Waals surface area contributed by atoms with Crippen LogP contribution in [0.1, 0.15) is 18.1 Å². The molecule has 144 valence electrons. The van der Waals surface area contributed by atoms with Gasteiger partial charge in [-0.15, -0.1) is 0 Å². The fraction of sp³-hybridized carbons (Fsp3) is 0.263. The monoisotopic (exact) mass is 394 g/mol. The van der Waals surface area contributed by atoms with E-state index in [0.717, 1.165) is 5.56 Å². The van der Waals surface area contributed by atoms with E-state index < -0.39 is 0 Å². The Labute approximate surface area is 161 Å². The normalized spacial score (nSPS) is 10.7. The number of hydrogen-bond donors (Lipinski definition) is 1. The van der Waals surface area contributed by atoms with Gasteiger partial charge >= 0.3 is 0 Å². The van der Waals surface area contributed by atoms with E-state index in [1.54, 1.807) is 24.3 Å². The highest BCUT2D eigenvalue weighted by molar-refractivity contribution is 6.32. The predicted octanol–water partition coefficient (Wildman–Crippen LogP) is 3.55. The highest BCUT2D eigenvalue weighted by Gasteiger charge is 2.11. The van der Waals surface area contributed by atoms with Crippen LogP contribution in [0.25, 0.3) is 0 Å². The standard InChI is InChI=1S/C19H20ClFN2O4/c1-3-26-19-16(20)8-14(9-17(19)25-2)11-23-27-12-18(24)22-10-13-4-6-15(21)7-5-13/h4-9,11H,3,10,12H2,1-2H3,(H,22,24)/b23-11-. The molecule has 0 aromatic heterocycles. The van der Waals surface area contributed by atoms with Gasteiger partial charge in [-0.1, -0.05) is 28.9 Å². The van der Waals surface area contributed by atoms with Crippen molar-refractivity contribution >= 4 is 23.7 Å². The molecule has 0 saturated carbocycles. The Bertz CT molecular complexity index is 797. The Hall–Kier alpha value is -2.80. The van der Waals surface area contributed by atoms with E-state index in [1.165, 1.54) is 25.5 Å². The van der Waals surface area contributed by atoms with E-state index in [-0.39, 0.29) is 24.9 Å². The first-order valence-electron chi connectivity index (χ1n) is 8.20. The van der Waals surface area contributed by atoms with Gasteiger partial charge in [0, 0.05) is 12.1 Å². The molecule has 0 aliphatic rings. The Morgan fingerprint density at radius 2 is 2.04 bits per heavy atom. The lowest BCUT2D eigenvalue weighted by Crippen LogP contribution is -2.26. The molecular formula is C19H20ClFN2O4. The van der Waals surface area contributed by atoms with Crippen molar-refractivity contribution in [3.8, 4) is 11.5 Å². The van der Waals surface area contributed by atoms with E-state index in [0.29, 0.717) is 28.7 Å². The van der Waals surface area contributed by atoms with E-state index in [1.807, 2.05) is 6.92 Å². The molecule has 2 rings (SSSR count). The second-order valence-corrected chi connectivity index (χ2v) is 5.79. The third-order valence-electron chi connectivity index (χ3n) is 3.42. The summed E-state index contributed by atoms with van der Waals surface area (Å²) in [5.74, 6) is 0.260. The van der Waals surface area contributed by atoms with Crippen LogP contribution in [0, 0.1) is 5.82 Å². The lowest BCUT2D eigenvalue weighted by Gasteiger charge is -2.11.